The molecule has 3 saturated carbocycles. The van der Waals surface area contributed by atoms with Gasteiger partial charge in [-0.25, -0.2) is 4.98 Å². The Kier molecular flexibility index (Phi) is 3.61. The van der Waals surface area contributed by atoms with Gasteiger partial charge in [0.25, 0.3) is 0 Å². The van der Waals surface area contributed by atoms with Crippen LogP contribution in [0.3, 0.4) is 0 Å². The number of amides is 1. The van der Waals surface area contributed by atoms with E-state index in [1.54, 1.807) is 5.57 Å². The van der Waals surface area contributed by atoms with Crippen LogP contribution in [0, 0.1) is 28.6 Å². The first-order chi connectivity index (χ1) is 13.2. The molecule has 4 aliphatic carbocycles. The number of thioether (sulfide) groups is 1. The highest BCUT2D eigenvalue weighted by Crippen LogP contribution is 2.83. The Morgan fingerprint density at radius 1 is 1.26 bits per heavy atom. The lowest BCUT2D eigenvalue weighted by Crippen LogP contribution is -2.64. The number of pyridine rings is 1. The van der Waals surface area contributed by atoms with Crippen molar-refractivity contribution in [1.82, 2.24) is 9.88 Å². The Bertz CT molecular complexity index is 800. The van der Waals surface area contributed by atoms with Crippen molar-refractivity contribution in [2.24, 2.45) is 28.6 Å². The SMILES string of the molecule is O=C(N1CCC(CCSc2ccccn2)CC1)C12C=C3CC4C[C@H](C1)C[C@]342. The molecule has 4 heteroatoms. The van der Waals surface area contributed by atoms with Crippen molar-refractivity contribution in [3.05, 3.63) is 36.0 Å². The van der Waals surface area contributed by atoms with Crippen LogP contribution in [0.15, 0.2) is 41.1 Å². The van der Waals surface area contributed by atoms with Crippen molar-refractivity contribution in [3.63, 3.8) is 0 Å². The number of piperidine rings is 1. The van der Waals surface area contributed by atoms with Crippen LogP contribution in [0.25, 0.3) is 0 Å². The summed E-state index contributed by atoms with van der Waals surface area (Å²) in [6.45, 7) is 1.96. The van der Waals surface area contributed by atoms with Gasteiger partial charge in [0.1, 0.15) is 0 Å². The summed E-state index contributed by atoms with van der Waals surface area (Å²) in [7, 11) is 0. The highest BCUT2D eigenvalue weighted by atomic mass is 32.2. The van der Waals surface area contributed by atoms with E-state index < -0.39 is 0 Å². The number of hydrogen-bond acceptors (Lipinski definition) is 3. The third-order valence-corrected chi connectivity index (χ3v) is 9.47. The molecule has 0 N–H and O–H groups in total. The maximum atomic E-state index is 13.5. The molecular weight excluding hydrogens is 352 g/mol. The smallest absolute Gasteiger partial charge is 0.233 e. The summed E-state index contributed by atoms with van der Waals surface area (Å²) in [5.41, 5.74) is 1.95. The van der Waals surface area contributed by atoms with E-state index in [0.717, 1.165) is 48.0 Å². The monoisotopic (exact) mass is 380 g/mol. The molecule has 5 aliphatic rings. The standard InChI is InChI=1S/C23H28N2OS/c26-21(22-13-17-11-18-12-19(15-22)23(18,22)14-17)25-8-4-16(5-9-25)6-10-27-20-3-1-2-7-24-20/h1-3,7,15-18H,4-6,8-14H2/t17-,18?,22?,23-/m1/s1. The highest BCUT2D eigenvalue weighted by molar-refractivity contribution is 7.99. The first kappa shape index (κ1) is 16.6. The number of nitrogens with zero attached hydrogens (tertiary/aromatic N) is 2. The minimum atomic E-state index is -0.0597. The highest BCUT2D eigenvalue weighted by Gasteiger charge is 2.79. The molecule has 27 heavy (non-hydrogen) atoms. The minimum Gasteiger partial charge on any atom is -0.342 e. The normalized spacial score (nSPS) is 38.8. The number of allylic oxidation sites excluding steroid dienone is 1. The Morgan fingerprint density at radius 3 is 2.89 bits per heavy atom. The van der Waals surface area contributed by atoms with Crippen LogP contribution < -0.4 is 0 Å². The van der Waals surface area contributed by atoms with Crippen LogP contribution in [0.5, 0.6) is 0 Å². The van der Waals surface area contributed by atoms with Gasteiger partial charge in [-0.2, -0.15) is 0 Å². The third-order valence-electron chi connectivity index (χ3n) is 8.49. The fourth-order valence-corrected chi connectivity index (χ4v) is 8.28. The van der Waals surface area contributed by atoms with E-state index in [1.807, 2.05) is 24.0 Å². The van der Waals surface area contributed by atoms with Crippen molar-refractivity contribution < 1.29 is 4.79 Å². The van der Waals surface area contributed by atoms with Gasteiger partial charge >= 0.3 is 0 Å². The molecular formula is C23H28N2OS. The average Bonchev–Trinajstić information content (AvgIpc) is 3.18. The number of likely N-dealkylation sites (tertiary alicyclic amines) is 1. The van der Waals surface area contributed by atoms with E-state index in [2.05, 4.69) is 28.1 Å². The maximum absolute atomic E-state index is 13.5. The number of carbonyl (C=O) groups is 1. The summed E-state index contributed by atoms with van der Waals surface area (Å²) in [5, 5.41) is 1.13. The molecule has 4 atom stereocenters. The predicted octanol–water partition coefficient (Wildman–Crippen LogP) is 4.55. The Morgan fingerprint density at radius 2 is 2.15 bits per heavy atom. The summed E-state index contributed by atoms with van der Waals surface area (Å²) in [6, 6.07) is 6.12. The molecule has 6 rings (SSSR count). The second kappa shape index (κ2) is 5.85. The maximum Gasteiger partial charge on any atom is 0.233 e. The molecule has 2 bridgehead atoms. The lowest BCUT2D eigenvalue weighted by atomic mass is 9.38. The van der Waals surface area contributed by atoms with Gasteiger partial charge in [-0.05, 0) is 80.6 Å². The van der Waals surface area contributed by atoms with Gasteiger partial charge in [-0.15, -0.1) is 11.8 Å². The van der Waals surface area contributed by atoms with Gasteiger partial charge < -0.3 is 4.90 Å². The van der Waals surface area contributed by atoms with Crippen molar-refractivity contribution in [2.75, 3.05) is 18.8 Å². The van der Waals surface area contributed by atoms with Crippen LogP contribution in [0.1, 0.15) is 44.9 Å². The zero-order chi connectivity index (χ0) is 18.1. The van der Waals surface area contributed by atoms with E-state index in [1.165, 1.54) is 38.5 Å². The summed E-state index contributed by atoms with van der Waals surface area (Å²) < 4.78 is 0. The Labute approximate surface area is 166 Å². The third kappa shape index (κ3) is 2.17. The van der Waals surface area contributed by atoms with Crippen LogP contribution in [-0.4, -0.2) is 34.6 Å². The van der Waals surface area contributed by atoms with E-state index in [-0.39, 0.29) is 5.41 Å². The molecule has 1 aromatic rings. The summed E-state index contributed by atoms with van der Waals surface area (Å²) in [6.07, 6.45) is 13.1. The number of hydrogen-bond donors (Lipinski definition) is 0. The molecule has 1 aromatic heterocycles. The summed E-state index contributed by atoms with van der Waals surface area (Å²) >= 11 is 1.86. The van der Waals surface area contributed by atoms with Gasteiger partial charge in [-0.3, -0.25) is 4.79 Å². The molecule has 4 fully saturated rings. The van der Waals surface area contributed by atoms with Gasteiger partial charge in [0.05, 0.1) is 10.4 Å². The molecule has 2 unspecified atom stereocenters. The van der Waals surface area contributed by atoms with Crippen molar-refractivity contribution >= 4 is 17.7 Å². The lowest BCUT2D eigenvalue weighted by Gasteiger charge is -2.65. The fourth-order valence-electron chi connectivity index (χ4n) is 7.31. The van der Waals surface area contributed by atoms with Gasteiger partial charge in [0.2, 0.25) is 5.91 Å². The van der Waals surface area contributed by atoms with Crippen LogP contribution in [-0.2, 0) is 4.79 Å². The predicted molar refractivity (Wildman–Crippen MR) is 107 cm³/mol. The molecule has 3 nitrogen and oxygen atoms in total. The fraction of sp³-hybridized carbons (Fsp3) is 0.652. The molecule has 142 valence electrons. The number of carbonyl (C=O) groups excluding carboxylic acids is 1. The largest absolute Gasteiger partial charge is 0.342 e. The van der Waals surface area contributed by atoms with Crippen molar-refractivity contribution in [1.29, 1.82) is 0 Å². The number of aromatic nitrogens is 1. The zero-order valence-electron chi connectivity index (χ0n) is 15.9. The van der Waals surface area contributed by atoms with Gasteiger partial charge in [0.15, 0.2) is 0 Å². The van der Waals surface area contributed by atoms with Crippen molar-refractivity contribution in [3.8, 4) is 0 Å². The van der Waals surface area contributed by atoms with E-state index in [4.69, 9.17) is 0 Å². The molecule has 0 aromatic carbocycles. The van der Waals surface area contributed by atoms with Gasteiger partial charge in [0, 0.05) is 24.7 Å². The lowest BCUT2D eigenvalue weighted by molar-refractivity contribution is -0.156. The molecule has 1 amide bonds. The summed E-state index contributed by atoms with van der Waals surface area (Å²) in [4.78, 5) is 20.1. The molecule has 2 heterocycles. The molecule has 1 saturated heterocycles. The second-order valence-corrected chi connectivity index (χ2v) is 10.7. The average molecular weight is 381 g/mol. The van der Waals surface area contributed by atoms with E-state index in [9.17, 15) is 4.79 Å². The van der Waals surface area contributed by atoms with E-state index in [0.29, 0.717) is 11.3 Å². The molecule has 0 radical (unpaired) electrons. The quantitative estimate of drug-likeness (QED) is 0.555. The molecule has 1 aliphatic heterocycles. The second-order valence-electron chi connectivity index (χ2n) is 9.56. The van der Waals surface area contributed by atoms with Crippen LogP contribution in [0.4, 0.5) is 0 Å². The minimum absolute atomic E-state index is 0.0597. The van der Waals surface area contributed by atoms with Gasteiger partial charge in [-0.1, -0.05) is 17.7 Å². The zero-order valence-corrected chi connectivity index (χ0v) is 16.7. The number of rotatable bonds is 5. The van der Waals surface area contributed by atoms with Crippen molar-refractivity contribution in [2.45, 2.75) is 50.0 Å². The number of fused-ring (bicyclic) bond motifs is 1. The van der Waals surface area contributed by atoms with Crippen LogP contribution in [0.2, 0.25) is 0 Å². The van der Waals surface area contributed by atoms with Crippen LogP contribution >= 0.6 is 11.8 Å². The first-order valence-corrected chi connectivity index (χ1v) is 11.8. The molecule has 1 spiro atoms. The Hall–Kier alpha value is -1.29. The Balaban J connectivity index is 1.04. The van der Waals surface area contributed by atoms with E-state index >= 15 is 0 Å². The first-order valence-electron chi connectivity index (χ1n) is 10.8. The topological polar surface area (TPSA) is 33.2 Å². The summed E-state index contributed by atoms with van der Waals surface area (Å²) in [5.74, 6) is 4.08.